The number of hydrogen-bond acceptors (Lipinski definition) is 5. The molecule has 1 aliphatic rings. The second-order valence-corrected chi connectivity index (χ2v) is 3.23. The largest absolute Gasteiger partial charge is 0.454 e. The molecule has 3 N–H and O–H groups in total. The van der Waals surface area contributed by atoms with E-state index >= 15 is 0 Å². The lowest BCUT2D eigenvalue weighted by Crippen LogP contribution is -2.08. The summed E-state index contributed by atoms with van der Waals surface area (Å²) >= 11 is 0. The number of anilines is 1. The number of aromatic nitrogens is 1. The highest BCUT2D eigenvalue weighted by Crippen LogP contribution is 2.37. The maximum absolute atomic E-state index is 5.38. The molecule has 1 aliphatic heterocycles. The number of nitrogens with two attached hydrogens (primary N) is 1. The van der Waals surface area contributed by atoms with Gasteiger partial charge < -0.3 is 14.9 Å². The van der Waals surface area contributed by atoms with Crippen LogP contribution in [0.4, 0.5) is 5.82 Å². The van der Waals surface area contributed by atoms with Crippen LogP contribution in [0, 0.1) is 0 Å². The van der Waals surface area contributed by atoms with E-state index in [4.69, 9.17) is 15.3 Å². The molecule has 1 aromatic heterocycles. The first-order valence-electron chi connectivity index (χ1n) is 4.53. The van der Waals surface area contributed by atoms with Gasteiger partial charge in [-0.1, -0.05) is 0 Å². The molecule has 0 amide bonds. The molecule has 3 rings (SSSR count). The van der Waals surface area contributed by atoms with Gasteiger partial charge in [-0.15, -0.1) is 0 Å². The summed E-state index contributed by atoms with van der Waals surface area (Å²) in [6.45, 7) is 0.268. The van der Waals surface area contributed by atoms with Gasteiger partial charge in [0.15, 0.2) is 11.5 Å². The zero-order chi connectivity index (χ0) is 10.3. The van der Waals surface area contributed by atoms with Crippen LogP contribution in [-0.2, 0) is 0 Å². The maximum Gasteiger partial charge on any atom is 0.231 e. The molecule has 0 spiro atoms. The Morgan fingerprint density at radius 1 is 1.27 bits per heavy atom. The van der Waals surface area contributed by atoms with Crippen LogP contribution in [0.25, 0.3) is 10.8 Å². The minimum atomic E-state index is 0.268. The predicted octanol–water partition coefficient (Wildman–Crippen LogP) is 1.25. The van der Waals surface area contributed by atoms with Crippen molar-refractivity contribution in [2.45, 2.75) is 0 Å². The quantitative estimate of drug-likeness (QED) is 0.539. The number of nitrogen functional groups attached to an aromatic ring is 1. The molecule has 5 heteroatoms. The van der Waals surface area contributed by atoms with Crippen LogP contribution in [0.3, 0.4) is 0 Å². The van der Waals surface area contributed by atoms with Crippen molar-refractivity contribution in [3.63, 3.8) is 0 Å². The Hall–Kier alpha value is -2.01. The molecule has 0 saturated carbocycles. The number of ether oxygens (including phenoxy) is 2. The molecule has 76 valence electrons. The third kappa shape index (κ3) is 1.17. The molecular formula is C10H9N3O2. The van der Waals surface area contributed by atoms with Gasteiger partial charge >= 0.3 is 0 Å². The number of nitrogens with zero attached hydrogens (tertiary/aromatic N) is 1. The number of fused-ring (bicyclic) bond motifs is 2. The zero-order valence-corrected chi connectivity index (χ0v) is 7.86. The van der Waals surface area contributed by atoms with Crippen LogP contribution in [0.2, 0.25) is 0 Å². The monoisotopic (exact) mass is 203 g/mol. The molecule has 2 heterocycles. The summed E-state index contributed by atoms with van der Waals surface area (Å²) in [5.41, 5.74) is 2.55. The third-order valence-corrected chi connectivity index (χ3v) is 2.39. The molecule has 0 bridgehead atoms. The topological polar surface area (TPSA) is 69.4 Å². The Bertz CT molecular complexity index is 527. The lowest BCUT2D eigenvalue weighted by molar-refractivity contribution is 0.174. The minimum Gasteiger partial charge on any atom is -0.454 e. The molecule has 2 aromatic rings. The number of nitrogens with one attached hydrogen (secondary N) is 1. The molecule has 1 aromatic carbocycles. The highest BCUT2D eigenvalue weighted by atomic mass is 16.7. The first kappa shape index (κ1) is 8.31. The van der Waals surface area contributed by atoms with Crippen molar-refractivity contribution >= 4 is 16.6 Å². The van der Waals surface area contributed by atoms with Crippen LogP contribution < -0.4 is 20.7 Å². The fraction of sp³-hybridized carbons (Fsp3) is 0.100. The Balaban J connectivity index is 2.33. The first-order valence-corrected chi connectivity index (χ1v) is 4.53. The van der Waals surface area contributed by atoms with Crippen LogP contribution >= 0.6 is 0 Å². The van der Waals surface area contributed by atoms with Crippen LogP contribution in [0.5, 0.6) is 11.5 Å². The summed E-state index contributed by atoms with van der Waals surface area (Å²) in [6, 6.07) is 5.69. The van der Waals surface area contributed by atoms with Gasteiger partial charge in [0.25, 0.3) is 0 Å². The van der Waals surface area contributed by atoms with E-state index in [9.17, 15) is 0 Å². The lowest BCUT2D eigenvalue weighted by atomic mass is 10.1. The highest BCUT2D eigenvalue weighted by molar-refractivity contribution is 5.94. The van der Waals surface area contributed by atoms with Crippen molar-refractivity contribution in [1.29, 1.82) is 0 Å². The van der Waals surface area contributed by atoms with Gasteiger partial charge in [-0.25, -0.2) is 10.8 Å². The fourth-order valence-electron chi connectivity index (χ4n) is 1.68. The van der Waals surface area contributed by atoms with E-state index in [1.165, 1.54) is 0 Å². The SMILES string of the molecule is NNc1nccc2cc3c(cc12)OCO3. The summed E-state index contributed by atoms with van der Waals surface area (Å²) in [5, 5.41) is 1.94. The Morgan fingerprint density at radius 2 is 2.07 bits per heavy atom. The minimum absolute atomic E-state index is 0.268. The van der Waals surface area contributed by atoms with Crippen LogP contribution in [-0.4, -0.2) is 11.8 Å². The van der Waals surface area contributed by atoms with Gasteiger partial charge in [-0.3, -0.25) is 0 Å². The second kappa shape index (κ2) is 2.99. The molecule has 15 heavy (non-hydrogen) atoms. The molecule has 0 aliphatic carbocycles. The van der Waals surface area contributed by atoms with Crippen molar-refractivity contribution in [2.24, 2.45) is 5.84 Å². The highest BCUT2D eigenvalue weighted by Gasteiger charge is 2.15. The van der Waals surface area contributed by atoms with E-state index in [0.717, 1.165) is 22.3 Å². The summed E-state index contributed by atoms with van der Waals surface area (Å²) in [5.74, 6) is 7.50. The molecule has 0 radical (unpaired) electrons. The second-order valence-electron chi connectivity index (χ2n) is 3.23. The van der Waals surface area contributed by atoms with E-state index in [-0.39, 0.29) is 6.79 Å². The number of rotatable bonds is 1. The Morgan fingerprint density at radius 3 is 2.87 bits per heavy atom. The van der Waals surface area contributed by atoms with Gasteiger partial charge in [0.2, 0.25) is 6.79 Å². The van der Waals surface area contributed by atoms with Gasteiger partial charge in [-0.05, 0) is 23.6 Å². The van der Waals surface area contributed by atoms with Crippen molar-refractivity contribution in [3.8, 4) is 11.5 Å². The van der Waals surface area contributed by atoms with Crippen molar-refractivity contribution in [3.05, 3.63) is 24.4 Å². The Kier molecular flexibility index (Phi) is 1.66. The number of pyridine rings is 1. The van der Waals surface area contributed by atoms with E-state index in [1.807, 2.05) is 18.2 Å². The molecule has 5 nitrogen and oxygen atoms in total. The lowest BCUT2D eigenvalue weighted by Gasteiger charge is -2.05. The average molecular weight is 203 g/mol. The molecule has 0 unspecified atom stereocenters. The molecule has 0 saturated heterocycles. The number of hydrogen-bond donors (Lipinski definition) is 2. The molecular weight excluding hydrogens is 194 g/mol. The smallest absolute Gasteiger partial charge is 0.231 e. The van der Waals surface area contributed by atoms with Gasteiger partial charge in [0.05, 0.1) is 0 Å². The van der Waals surface area contributed by atoms with Gasteiger partial charge in [0.1, 0.15) is 5.82 Å². The summed E-state index contributed by atoms with van der Waals surface area (Å²) in [4.78, 5) is 4.12. The van der Waals surface area contributed by atoms with E-state index in [1.54, 1.807) is 6.20 Å². The zero-order valence-electron chi connectivity index (χ0n) is 7.86. The van der Waals surface area contributed by atoms with Gasteiger partial charge in [0, 0.05) is 11.6 Å². The van der Waals surface area contributed by atoms with Crippen LogP contribution in [0.15, 0.2) is 24.4 Å². The summed E-state index contributed by atoms with van der Waals surface area (Å²) in [7, 11) is 0. The summed E-state index contributed by atoms with van der Waals surface area (Å²) in [6.07, 6.45) is 1.69. The van der Waals surface area contributed by atoms with Crippen molar-refractivity contribution in [2.75, 3.05) is 12.2 Å². The fourth-order valence-corrected chi connectivity index (χ4v) is 1.68. The number of benzene rings is 1. The van der Waals surface area contributed by atoms with Crippen molar-refractivity contribution in [1.82, 2.24) is 4.98 Å². The number of hydrazine groups is 1. The molecule has 0 fully saturated rings. The average Bonchev–Trinajstić information content (AvgIpc) is 2.72. The Labute approximate surface area is 85.8 Å². The third-order valence-electron chi connectivity index (χ3n) is 2.39. The van der Waals surface area contributed by atoms with E-state index in [2.05, 4.69) is 10.4 Å². The first-order chi connectivity index (χ1) is 7.38. The van der Waals surface area contributed by atoms with Gasteiger partial charge in [-0.2, -0.15) is 0 Å². The van der Waals surface area contributed by atoms with Crippen molar-refractivity contribution < 1.29 is 9.47 Å². The van der Waals surface area contributed by atoms with Crippen LogP contribution in [0.1, 0.15) is 0 Å². The standard InChI is InChI=1S/C10H9N3O2/c11-13-10-7-4-9-8(14-5-15-9)3-6(7)1-2-12-10/h1-4H,5,11H2,(H,12,13). The van der Waals surface area contributed by atoms with E-state index in [0.29, 0.717) is 5.82 Å². The maximum atomic E-state index is 5.38. The normalized spacial score (nSPS) is 13.1. The predicted molar refractivity (Wildman–Crippen MR) is 55.7 cm³/mol. The molecule has 0 atom stereocenters. The summed E-state index contributed by atoms with van der Waals surface area (Å²) < 4.78 is 10.6. The van der Waals surface area contributed by atoms with E-state index < -0.39 is 0 Å².